The fourth-order valence-electron chi connectivity index (χ4n) is 1.59. The maximum absolute atomic E-state index is 13.8. The molecule has 0 saturated heterocycles. The minimum atomic E-state index is -0.813. The van der Waals surface area contributed by atoms with Crippen LogP contribution in [0.25, 0.3) is 0 Å². The number of pyridine rings is 1. The molecule has 0 spiro atoms. The first kappa shape index (κ1) is 13.9. The summed E-state index contributed by atoms with van der Waals surface area (Å²) in [5, 5.41) is 2.52. The lowest BCUT2D eigenvalue weighted by atomic mass is 10.2. The van der Waals surface area contributed by atoms with Crippen molar-refractivity contribution < 1.29 is 13.6 Å². The molecule has 1 amide bonds. The van der Waals surface area contributed by atoms with Crippen molar-refractivity contribution in [3.63, 3.8) is 0 Å². The SMILES string of the molecule is Cc1nc(CNC(=O)c2ccnc(NN)c2F)oc1C. The third-order valence-electron chi connectivity index (χ3n) is 2.74. The fourth-order valence-corrected chi connectivity index (χ4v) is 1.59. The second kappa shape index (κ2) is 5.66. The van der Waals surface area contributed by atoms with Crippen LogP contribution in [-0.2, 0) is 6.54 Å². The van der Waals surface area contributed by atoms with Crippen molar-refractivity contribution in [2.45, 2.75) is 20.4 Å². The van der Waals surface area contributed by atoms with Crippen LogP contribution in [0, 0.1) is 19.7 Å². The third-order valence-corrected chi connectivity index (χ3v) is 2.74. The minimum Gasteiger partial charge on any atom is -0.444 e. The Morgan fingerprint density at radius 3 is 2.85 bits per heavy atom. The molecule has 2 heterocycles. The molecule has 106 valence electrons. The van der Waals surface area contributed by atoms with Gasteiger partial charge in [-0.1, -0.05) is 0 Å². The Hall–Kier alpha value is -2.48. The number of nitrogens with two attached hydrogens (primary N) is 1. The summed E-state index contributed by atoms with van der Waals surface area (Å²) in [6.07, 6.45) is 1.28. The molecule has 2 aromatic heterocycles. The van der Waals surface area contributed by atoms with E-state index in [1.54, 1.807) is 13.8 Å². The highest BCUT2D eigenvalue weighted by Gasteiger charge is 2.16. The van der Waals surface area contributed by atoms with Gasteiger partial charge in [0.05, 0.1) is 17.8 Å². The highest BCUT2D eigenvalue weighted by atomic mass is 19.1. The number of anilines is 1. The molecule has 0 aliphatic heterocycles. The first-order valence-electron chi connectivity index (χ1n) is 5.85. The van der Waals surface area contributed by atoms with Crippen LogP contribution < -0.4 is 16.6 Å². The lowest BCUT2D eigenvalue weighted by Gasteiger charge is -2.06. The second-order valence-electron chi connectivity index (χ2n) is 4.10. The molecule has 0 radical (unpaired) electrons. The third kappa shape index (κ3) is 2.75. The number of carbonyl (C=O) groups is 1. The molecule has 8 heteroatoms. The molecule has 20 heavy (non-hydrogen) atoms. The molecule has 0 aromatic carbocycles. The average molecular weight is 279 g/mol. The van der Waals surface area contributed by atoms with Gasteiger partial charge in [-0.2, -0.15) is 0 Å². The average Bonchev–Trinajstić information content (AvgIpc) is 2.75. The number of rotatable bonds is 4. The molecule has 0 bridgehead atoms. The standard InChI is InChI=1S/C12H14FN5O2/c1-6-7(2)20-9(17-6)5-16-12(19)8-3-4-15-11(18-14)10(8)13/h3-4H,5,14H2,1-2H3,(H,15,18)(H,16,19). The van der Waals surface area contributed by atoms with E-state index < -0.39 is 11.7 Å². The highest BCUT2D eigenvalue weighted by Crippen LogP contribution is 2.14. The summed E-state index contributed by atoms with van der Waals surface area (Å²) >= 11 is 0. The topological polar surface area (TPSA) is 106 Å². The van der Waals surface area contributed by atoms with Gasteiger partial charge in [-0.3, -0.25) is 4.79 Å². The number of hydrogen-bond donors (Lipinski definition) is 3. The number of hydrazine groups is 1. The zero-order chi connectivity index (χ0) is 14.7. The molecule has 0 saturated carbocycles. The zero-order valence-corrected chi connectivity index (χ0v) is 11.0. The summed E-state index contributed by atoms with van der Waals surface area (Å²) in [4.78, 5) is 19.6. The molecule has 7 nitrogen and oxygen atoms in total. The van der Waals surface area contributed by atoms with Gasteiger partial charge < -0.3 is 15.2 Å². The number of oxazole rings is 1. The van der Waals surface area contributed by atoms with Crippen LogP contribution >= 0.6 is 0 Å². The highest BCUT2D eigenvalue weighted by molar-refractivity contribution is 5.95. The Morgan fingerprint density at radius 1 is 1.50 bits per heavy atom. The molecule has 2 rings (SSSR count). The normalized spacial score (nSPS) is 10.4. The van der Waals surface area contributed by atoms with E-state index in [1.165, 1.54) is 12.3 Å². The van der Waals surface area contributed by atoms with Crippen LogP contribution in [0.5, 0.6) is 0 Å². The van der Waals surface area contributed by atoms with Crippen molar-refractivity contribution in [2.75, 3.05) is 5.43 Å². The fraction of sp³-hybridized carbons (Fsp3) is 0.250. The molecule has 0 atom stereocenters. The molecule has 4 N–H and O–H groups in total. The van der Waals surface area contributed by atoms with E-state index in [0.717, 1.165) is 5.69 Å². The molecule has 0 fully saturated rings. The van der Waals surface area contributed by atoms with E-state index >= 15 is 0 Å². The predicted octanol–water partition coefficient (Wildman–Crippen LogP) is 1.04. The zero-order valence-electron chi connectivity index (χ0n) is 11.0. The Morgan fingerprint density at radius 2 is 2.25 bits per heavy atom. The van der Waals surface area contributed by atoms with Crippen LogP contribution in [0.3, 0.4) is 0 Å². The van der Waals surface area contributed by atoms with Gasteiger partial charge in [0.25, 0.3) is 5.91 Å². The van der Waals surface area contributed by atoms with E-state index in [1.807, 2.05) is 0 Å². The van der Waals surface area contributed by atoms with Crippen molar-refractivity contribution in [3.05, 3.63) is 41.0 Å². The van der Waals surface area contributed by atoms with Gasteiger partial charge in [0.2, 0.25) is 5.89 Å². The Balaban J connectivity index is 2.09. The quantitative estimate of drug-likeness (QED) is 0.570. The smallest absolute Gasteiger partial charge is 0.254 e. The van der Waals surface area contributed by atoms with Crippen molar-refractivity contribution in [1.29, 1.82) is 0 Å². The number of halogens is 1. The summed E-state index contributed by atoms with van der Waals surface area (Å²) in [5.74, 6) is 4.53. The lowest BCUT2D eigenvalue weighted by Crippen LogP contribution is -2.25. The Kier molecular flexibility index (Phi) is 3.94. The predicted molar refractivity (Wildman–Crippen MR) is 69.2 cm³/mol. The molecule has 0 aliphatic rings. The maximum atomic E-state index is 13.8. The van der Waals surface area contributed by atoms with E-state index in [-0.39, 0.29) is 17.9 Å². The van der Waals surface area contributed by atoms with Crippen LogP contribution in [0.15, 0.2) is 16.7 Å². The van der Waals surface area contributed by atoms with Crippen LogP contribution in [-0.4, -0.2) is 15.9 Å². The number of nitrogens with one attached hydrogen (secondary N) is 2. The number of nitrogen functional groups attached to an aromatic ring is 1. The molecular formula is C12H14FN5O2. The van der Waals surface area contributed by atoms with E-state index in [2.05, 4.69) is 20.7 Å². The summed E-state index contributed by atoms with van der Waals surface area (Å²) in [6.45, 7) is 3.64. The summed E-state index contributed by atoms with van der Waals surface area (Å²) in [7, 11) is 0. The molecule has 0 unspecified atom stereocenters. The van der Waals surface area contributed by atoms with Gasteiger partial charge in [-0.05, 0) is 19.9 Å². The van der Waals surface area contributed by atoms with Gasteiger partial charge in [-0.25, -0.2) is 20.2 Å². The summed E-state index contributed by atoms with van der Waals surface area (Å²) < 4.78 is 19.1. The second-order valence-corrected chi connectivity index (χ2v) is 4.10. The summed E-state index contributed by atoms with van der Waals surface area (Å²) in [5.41, 5.74) is 2.67. The number of aryl methyl sites for hydroxylation is 2. The molecule has 2 aromatic rings. The van der Waals surface area contributed by atoms with Crippen molar-refractivity contribution in [1.82, 2.24) is 15.3 Å². The van der Waals surface area contributed by atoms with Crippen molar-refractivity contribution in [2.24, 2.45) is 5.84 Å². The number of carbonyl (C=O) groups excluding carboxylic acids is 1. The maximum Gasteiger partial charge on any atom is 0.254 e. The van der Waals surface area contributed by atoms with E-state index in [4.69, 9.17) is 10.3 Å². The number of amides is 1. The van der Waals surface area contributed by atoms with Gasteiger partial charge in [0, 0.05) is 6.20 Å². The molecule has 0 aliphatic carbocycles. The number of aromatic nitrogens is 2. The van der Waals surface area contributed by atoms with E-state index in [0.29, 0.717) is 11.7 Å². The van der Waals surface area contributed by atoms with Crippen molar-refractivity contribution in [3.8, 4) is 0 Å². The first-order valence-corrected chi connectivity index (χ1v) is 5.85. The van der Waals surface area contributed by atoms with E-state index in [9.17, 15) is 9.18 Å². The van der Waals surface area contributed by atoms with Gasteiger partial charge in [0.15, 0.2) is 11.6 Å². The lowest BCUT2D eigenvalue weighted by molar-refractivity contribution is 0.0943. The van der Waals surface area contributed by atoms with Crippen LogP contribution in [0.4, 0.5) is 10.2 Å². The number of nitrogens with zero attached hydrogens (tertiary/aromatic N) is 2. The minimum absolute atomic E-state index is 0.0701. The number of hydrogen-bond acceptors (Lipinski definition) is 6. The van der Waals surface area contributed by atoms with Crippen LogP contribution in [0.2, 0.25) is 0 Å². The monoisotopic (exact) mass is 279 g/mol. The summed E-state index contributed by atoms with van der Waals surface area (Å²) in [6, 6.07) is 1.26. The van der Waals surface area contributed by atoms with Gasteiger partial charge >= 0.3 is 0 Å². The van der Waals surface area contributed by atoms with Gasteiger partial charge in [0.1, 0.15) is 5.76 Å². The Bertz CT molecular complexity index is 621. The van der Waals surface area contributed by atoms with Gasteiger partial charge in [-0.15, -0.1) is 0 Å². The first-order chi connectivity index (χ1) is 9.52. The molecular weight excluding hydrogens is 265 g/mol. The Labute approximate surface area is 114 Å². The largest absolute Gasteiger partial charge is 0.444 e. The van der Waals surface area contributed by atoms with Crippen molar-refractivity contribution >= 4 is 11.7 Å². The van der Waals surface area contributed by atoms with Crippen LogP contribution in [0.1, 0.15) is 27.7 Å².